The van der Waals surface area contributed by atoms with Crippen LogP contribution in [0.4, 0.5) is 4.39 Å². The Labute approximate surface area is 102 Å². The number of benzene rings is 1. The lowest BCUT2D eigenvalue weighted by Crippen LogP contribution is -2.24. The number of hydrogen-bond donors (Lipinski definition) is 1. The zero-order valence-corrected chi connectivity index (χ0v) is 10.1. The molecule has 0 unspecified atom stereocenters. The highest BCUT2D eigenvalue weighted by Crippen LogP contribution is 2.28. The van der Waals surface area contributed by atoms with Crippen LogP contribution in [0.15, 0.2) is 24.3 Å². The van der Waals surface area contributed by atoms with Gasteiger partial charge in [0, 0.05) is 0 Å². The van der Waals surface area contributed by atoms with E-state index in [4.69, 9.17) is 10.5 Å². The van der Waals surface area contributed by atoms with E-state index in [1.165, 1.54) is 37.8 Å². The molecule has 1 aliphatic carbocycles. The van der Waals surface area contributed by atoms with Crippen LogP contribution < -0.4 is 10.5 Å². The number of halogens is 1. The summed E-state index contributed by atoms with van der Waals surface area (Å²) in [4.78, 5) is 0. The number of ether oxygens (including phenoxy) is 1. The Kier molecular flexibility index (Phi) is 4.37. The lowest BCUT2D eigenvalue weighted by molar-refractivity contribution is 0.184. The molecule has 1 aromatic rings. The van der Waals surface area contributed by atoms with Crippen molar-refractivity contribution >= 4 is 0 Å². The summed E-state index contributed by atoms with van der Waals surface area (Å²) in [6.45, 7) is 1.55. The zero-order chi connectivity index (χ0) is 12.1. The quantitative estimate of drug-likeness (QED) is 0.873. The summed E-state index contributed by atoms with van der Waals surface area (Å²) in [5.41, 5.74) is 5.66. The second kappa shape index (κ2) is 6.01. The maximum Gasteiger partial charge on any atom is 0.123 e. The van der Waals surface area contributed by atoms with Gasteiger partial charge >= 0.3 is 0 Å². The van der Waals surface area contributed by atoms with Crippen LogP contribution in [-0.4, -0.2) is 13.2 Å². The number of nitrogens with two attached hydrogens (primary N) is 1. The Balaban J connectivity index is 1.74. The van der Waals surface area contributed by atoms with Gasteiger partial charge in [0.1, 0.15) is 11.6 Å². The highest BCUT2D eigenvalue weighted by molar-refractivity contribution is 5.22. The number of hydrogen-bond acceptors (Lipinski definition) is 2. The first-order chi connectivity index (χ1) is 8.28. The average Bonchev–Trinajstić information content (AvgIpc) is 2.39. The highest BCUT2D eigenvalue weighted by atomic mass is 19.1. The van der Waals surface area contributed by atoms with Crippen LogP contribution in [0.5, 0.6) is 5.75 Å². The fraction of sp³-hybridized carbons (Fsp3) is 0.571. The zero-order valence-electron chi connectivity index (χ0n) is 10.1. The first-order valence-corrected chi connectivity index (χ1v) is 6.36. The molecule has 0 atom stereocenters. The molecule has 2 nitrogen and oxygen atoms in total. The maximum atomic E-state index is 12.7. The molecule has 0 bridgehead atoms. The third kappa shape index (κ3) is 3.70. The van der Waals surface area contributed by atoms with E-state index in [0.717, 1.165) is 18.9 Å². The van der Waals surface area contributed by atoms with Gasteiger partial charge in [-0.05, 0) is 68.3 Å². The molecular weight excluding hydrogens is 217 g/mol. The summed E-state index contributed by atoms with van der Waals surface area (Å²) in [5.74, 6) is 1.87. The van der Waals surface area contributed by atoms with Crippen molar-refractivity contribution in [3.05, 3.63) is 30.1 Å². The van der Waals surface area contributed by atoms with Crippen molar-refractivity contribution in [3.63, 3.8) is 0 Å². The predicted molar refractivity (Wildman–Crippen MR) is 66.4 cm³/mol. The molecule has 3 heteroatoms. The van der Waals surface area contributed by atoms with Gasteiger partial charge in [0.15, 0.2) is 0 Å². The van der Waals surface area contributed by atoms with E-state index in [1.54, 1.807) is 12.1 Å². The van der Waals surface area contributed by atoms with Gasteiger partial charge in [-0.2, -0.15) is 0 Å². The van der Waals surface area contributed by atoms with Crippen LogP contribution in [0.25, 0.3) is 0 Å². The summed E-state index contributed by atoms with van der Waals surface area (Å²) in [7, 11) is 0. The van der Waals surface area contributed by atoms with Gasteiger partial charge in [0.05, 0.1) is 6.61 Å². The van der Waals surface area contributed by atoms with Crippen LogP contribution in [0.1, 0.15) is 25.7 Å². The molecule has 0 aliphatic heterocycles. The van der Waals surface area contributed by atoms with E-state index >= 15 is 0 Å². The second-order valence-electron chi connectivity index (χ2n) is 4.89. The molecule has 0 aromatic heterocycles. The van der Waals surface area contributed by atoms with Gasteiger partial charge in [-0.3, -0.25) is 0 Å². The largest absolute Gasteiger partial charge is 0.493 e. The predicted octanol–water partition coefficient (Wildman–Crippen LogP) is 2.97. The van der Waals surface area contributed by atoms with Crippen molar-refractivity contribution in [3.8, 4) is 5.75 Å². The van der Waals surface area contributed by atoms with Gasteiger partial charge < -0.3 is 10.5 Å². The van der Waals surface area contributed by atoms with E-state index in [9.17, 15) is 4.39 Å². The van der Waals surface area contributed by atoms with Gasteiger partial charge in [-0.25, -0.2) is 4.39 Å². The van der Waals surface area contributed by atoms with Crippen molar-refractivity contribution in [1.82, 2.24) is 0 Å². The molecule has 2 N–H and O–H groups in total. The molecule has 0 heterocycles. The molecule has 1 saturated carbocycles. The molecule has 94 valence electrons. The van der Waals surface area contributed by atoms with Crippen molar-refractivity contribution in [2.45, 2.75) is 25.7 Å². The molecule has 2 rings (SSSR count). The van der Waals surface area contributed by atoms with Crippen molar-refractivity contribution in [2.24, 2.45) is 17.6 Å². The summed E-state index contributed by atoms with van der Waals surface area (Å²) in [6.07, 6.45) is 4.83. The summed E-state index contributed by atoms with van der Waals surface area (Å²) < 4.78 is 18.4. The monoisotopic (exact) mass is 237 g/mol. The van der Waals surface area contributed by atoms with Gasteiger partial charge in [0.25, 0.3) is 0 Å². The molecule has 1 fully saturated rings. The molecule has 0 radical (unpaired) electrons. The Hall–Kier alpha value is -1.09. The molecule has 1 aliphatic rings. The number of rotatable bonds is 4. The molecule has 1 aromatic carbocycles. The van der Waals surface area contributed by atoms with E-state index in [0.29, 0.717) is 11.8 Å². The minimum atomic E-state index is -0.221. The van der Waals surface area contributed by atoms with Gasteiger partial charge in [0.2, 0.25) is 0 Å². The minimum absolute atomic E-state index is 0.221. The molecule has 0 saturated heterocycles. The van der Waals surface area contributed by atoms with Gasteiger partial charge in [-0.1, -0.05) is 0 Å². The summed E-state index contributed by atoms with van der Waals surface area (Å²) >= 11 is 0. The van der Waals surface area contributed by atoms with Crippen LogP contribution in [0.3, 0.4) is 0 Å². The smallest absolute Gasteiger partial charge is 0.123 e. The third-order valence-corrected chi connectivity index (χ3v) is 3.60. The second-order valence-corrected chi connectivity index (χ2v) is 4.89. The maximum absolute atomic E-state index is 12.7. The standard InChI is InChI=1S/C14H20FNO/c15-13-5-7-14(8-6-13)17-10-12-3-1-11(9-16)2-4-12/h5-8,11-12H,1-4,9-10,16H2/t11-,12+. The molecule has 17 heavy (non-hydrogen) atoms. The Morgan fingerprint density at radius 3 is 2.24 bits per heavy atom. The van der Waals surface area contributed by atoms with Crippen molar-refractivity contribution < 1.29 is 9.13 Å². The first-order valence-electron chi connectivity index (χ1n) is 6.36. The van der Waals surface area contributed by atoms with Crippen LogP contribution in [0, 0.1) is 17.7 Å². The molecule has 0 spiro atoms. The van der Waals surface area contributed by atoms with E-state index in [2.05, 4.69) is 0 Å². The lowest BCUT2D eigenvalue weighted by Gasteiger charge is -2.27. The van der Waals surface area contributed by atoms with E-state index in [1.807, 2.05) is 0 Å². The third-order valence-electron chi connectivity index (χ3n) is 3.60. The lowest BCUT2D eigenvalue weighted by atomic mass is 9.82. The van der Waals surface area contributed by atoms with Crippen LogP contribution in [-0.2, 0) is 0 Å². The Morgan fingerprint density at radius 2 is 1.65 bits per heavy atom. The van der Waals surface area contributed by atoms with E-state index < -0.39 is 0 Å². The van der Waals surface area contributed by atoms with Crippen molar-refractivity contribution in [1.29, 1.82) is 0 Å². The highest BCUT2D eigenvalue weighted by Gasteiger charge is 2.20. The van der Waals surface area contributed by atoms with Crippen LogP contribution in [0.2, 0.25) is 0 Å². The SMILES string of the molecule is NC[C@H]1CC[C@@H](COc2ccc(F)cc2)CC1. The fourth-order valence-corrected chi connectivity index (χ4v) is 2.38. The van der Waals surface area contributed by atoms with Crippen LogP contribution >= 0.6 is 0 Å². The molecule has 0 amide bonds. The van der Waals surface area contributed by atoms with Crippen molar-refractivity contribution in [2.75, 3.05) is 13.2 Å². The molecular formula is C14H20FNO. The fourth-order valence-electron chi connectivity index (χ4n) is 2.38. The summed E-state index contributed by atoms with van der Waals surface area (Å²) in [5, 5.41) is 0. The Bertz CT molecular complexity index is 331. The normalized spacial score (nSPS) is 24.6. The topological polar surface area (TPSA) is 35.2 Å². The Morgan fingerprint density at radius 1 is 1.06 bits per heavy atom. The van der Waals surface area contributed by atoms with Gasteiger partial charge in [-0.15, -0.1) is 0 Å². The minimum Gasteiger partial charge on any atom is -0.493 e. The average molecular weight is 237 g/mol. The van der Waals surface area contributed by atoms with E-state index in [-0.39, 0.29) is 5.82 Å². The first kappa shape index (κ1) is 12.4. The summed E-state index contributed by atoms with van der Waals surface area (Å²) in [6, 6.07) is 6.23.